The van der Waals surface area contributed by atoms with E-state index in [4.69, 9.17) is 5.73 Å². The van der Waals surface area contributed by atoms with Crippen LogP contribution in [0.5, 0.6) is 5.75 Å². The fraction of sp³-hybridized carbons (Fsp3) is 0. The van der Waals surface area contributed by atoms with Crippen molar-refractivity contribution < 1.29 is 5.11 Å². The molecule has 2 rings (SSSR count). The maximum Gasteiger partial charge on any atom is 0.130 e. The van der Waals surface area contributed by atoms with Gasteiger partial charge in [0.05, 0.1) is 11.9 Å². The molecule has 1 aromatic heterocycles. The second-order valence-electron chi connectivity index (χ2n) is 3.15. The molecule has 0 radical (unpaired) electrons. The fourth-order valence-corrected chi connectivity index (χ4v) is 1.21. The summed E-state index contributed by atoms with van der Waals surface area (Å²) in [6.07, 6.45) is 1.57. The van der Waals surface area contributed by atoms with Crippen LogP contribution in [0.15, 0.2) is 42.6 Å². The molecule has 0 aliphatic carbocycles. The highest BCUT2D eigenvalue weighted by atomic mass is 16.3. The lowest BCUT2D eigenvalue weighted by molar-refractivity contribution is 0.475. The summed E-state index contributed by atoms with van der Waals surface area (Å²) >= 11 is 0. The summed E-state index contributed by atoms with van der Waals surface area (Å²) in [6, 6.07) is 10.4. The zero-order chi connectivity index (χ0) is 10.7. The molecular formula is C11H11N3O. The number of phenolic OH excluding ortho intramolecular Hbond substituents is 1. The number of benzene rings is 1. The number of phenols is 1. The first-order valence-corrected chi connectivity index (χ1v) is 4.51. The van der Waals surface area contributed by atoms with Crippen molar-refractivity contribution in [1.82, 2.24) is 4.98 Å². The molecule has 0 amide bonds. The highest BCUT2D eigenvalue weighted by Gasteiger charge is 1.96. The SMILES string of the molecule is Nc1ccc(Nc2cccc(O)c2)nc1. The quantitative estimate of drug-likeness (QED) is 0.696. The normalized spacial score (nSPS) is 9.87. The molecule has 0 aliphatic heterocycles. The number of nitrogen functional groups attached to an aromatic ring is 1. The molecule has 4 heteroatoms. The molecule has 76 valence electrons. The first-order chi connectivity index (χ1) is 7.24. The van der Waals surface area contributed by atoms with Crippen LogP contribution in [0.4, 0.5) is 17.2 Å². The van der Waals surface area contributed by atoms with Crippen LogP contribution in [0.1, 0.15) is 0 Å². The van der Waals surface area contributed by atoms with E-state index in [-0.39, 0.29) is 5.75 Å². The summed E-state index contributed by atoms with van der Waals surface area (Å²) in [5, 5.41) is 12.3. The van der Waals surface area contributed by atoms with Crippen LogP contribution < -0.4 is 11.1 Å². The Bertz CT molecular complexity index is 454. The summed E-state index contributed by atoms with van der Waals surface area (Å²) in [6.45, 7) is 0. The van der Waals surface area contributed by atoms with E-state index in [1.165, 1.54) is 0 Å². The second kappa shape index (κ2) is 3.88. The molecule has 1 heterocycles. The Labute approximate surface area is 87.4 Å². The van der Waals surface area contributed by atoms with Gasteiger partial charge in [-0.1, -0.05) is 6.07 Å². The molecule has 15 heavy (non-hydrogen) atoms. The van der Waals surface area contributed by atoms with E-state index in [0.717, 1.165) is 5.69 Å². The molecule has 0 fully saturated rings. The number of aromatic hydroxyl groups is 1. The summed E-state index contributed by atoms with van der Waals surface area (Å²) in [4.78, 5) is 4.09. The van der Waals surface area contributed by atoms with Gasteiger partial charge in [0.25, 0.3) is 0 Å². The Kier molecular flexibility index (Phi) is 2.41. The largest absolute Gasteiger partial charge is 0.508 e. The van der Waals surface area contributed by atoms with E-state index in [0.29, 0.717) is 11.5 Å². The third kappa shape index (κ3) is 2.37. The van der Waals surface area contributed by atoms with E-state index in [9.17, 15) is 5.11 Å². The molecule has 4 nitrogen and oxygen atoms in total. The van der Waals surface area contributed by atoms with Crippen molar-refractivity contribution >= 4 is 17.2 Å². The Morgan fingerprint density at radius 2 is 2.07 bits per heavy atom. The third-order valence-corrected chi connectivity index (χ3v) is 1.90. The van der Waals surface area contributed by atoms with Gasteiger partial charge >= 0.3 is 0 Å². The number of rotatable bonds is 2. The standard InChI is InChI=1S/C11H11N3O/c12-8-4-5-11(13-7-8)14-9-2-1-3-10(15)6-9/h1-7,15H,12H2,(H,13,14). The van der Waals surface area contributed by atoms with Crippen LogP contribution in [0.2, 0.25) is 0 Å². The molecule has 0 saturated heterocycles. The number of hydrogen-bond donors (Lipinski definition) is 3. The van der Waals surface area contributed by atoms with Gasteiger partial charge in [0.2, 0.25) is 0 Å². The number of anilines is 3. The summed E-state index contributed by atoms with van der Waals surface area (Å²) in [7, 11) is 0. The van der Waals surface area contributed by atoms with Crippen molar-refractivity contribution in [2.75, 3.05) is 11.1 Å². The van der Waals surface area contributed by atoms with Crippen molar-refractivity contribution in [3.8, 4) is 5.75 Å². The van der Waals surface area contributed by atoms with Crippen molar-refractivity contribution in [3.05, 3.63) is 42.6 Å². The fourth-order valence-electron chi connectivity index (χ4n) is 1.21. The lowest BCUT2D eigenvalue weighted by Gasteiger charge is -2.05. The maximum absolute atomic E-state index is 9.25. The number of hydrogen-bond acceptors (Lipinski definition) is 4. The predicted molar refractivity (Wildman–Crippen MR) is 60.0 cm³/mol. The number of aromatic nitrogens is 1. The van der Waals surface area contributed by atoms with Crippen LogP contribution in [-0.4, -0.2) is 10.1 Å². The highest BCUT2D eigenvalue weighted by molar-refractivity contribution is 5.58. The van der Waals surface area contributed by atoms with Crippen LogP contribution >= 0.6 is 0 Å². The molecule has 0 aliphatic rings. The molecular weight excluding hydrogens is 190 g/mol. The Balaban J connectivity index is 2.18. The number of nitrogens with zero attached hydrogens (tertiary/aromatic N) is 1. The smallest absolute Gasteiger partial charge is 0.130 e. The van der Waals surface area contributed by atoms with Crippen LogP contribution in [0, 0.1) is 0 Å². The average Bonchev–Trinajstić information content (AvgIpc) is 2.22. The zero-order valence-corrected chi connectivity index (χ0v) is 8.01. The van der Waals surface area contributed by atoms with Crippen molar-refractivity contribution in [1.29, 1.82) is 0 Å². The van der Waals surface area contributed by atoms with E-state index in [1.807, 2.05) is 6.07 Å². The van der Waals surface area contributed by atoms with E-state index < -0.39 is 0 Å². The Morgan fingerprint density at radius 1 is 1.20 bits per heavy atom. The van der Waals surface area contributed by atoms with Gasteiger partial charge in [-0.25, -0.2) is 4.98 Å². The van der Waals surface area contributed by atoms with Gasteiger partial charge < -0.3 is 16.2 Å². The first-order valence-electron chi connectivity index (χ1n) is 4.51. The summed E-state index contributed by atoms with van der Waals surface area (Å²) in [5.74, 6) is 0.908. The number of pyridine rings is 1. The van der Waals surface area contributed by atoms with Crippen LogP contribution in [0.25, 0.3) is 0 Å². The van der Waals surface area contributed by atoms with Gasteiger partial charge in [0, 0.05) is 11.8 Å². The minimum absolute atomic E-state index is 0.218. The summed E-state index contributed by atoms with van der Waals surface area (Å²) < 4.78 is 0. The molecule has 4 N–H and O–H groups in total. The van der Waals surface area contributed by atoms with Gasteiger partial charge in [0.1, 0.15) is 11.6 Å². The van der Waals surface area contributed by atoms with Gasteiger partial charge in [-0.15, -0.1) is 0 Å². The number of nitrogens with one attached hydrogen (secondary N) is 1. The molecule has 0 spiro atoms. The van der Waals surface area contributed by atoms with Gasteiger partial charge in [-0.2, -0.15) is 0 Å². The maximum atomic E-state index is 9.25. The van der Waals surface area contributed by atoms with E-state index >= 15 is 0 Å². The molecule has 0 unspecified atom stereocenters. The Hall–Kier alpha value is -2.23. The number of nitrogens with two attached hydrogens (primary N) is 1. The topological polar surface area (TPSA) is 71.2 Å². The minimum atomic E-state index is 0.218. The minimum Gasteiger partial charge on any atom is -0.508 e. The molecule has 0 bridgehead atoms. The first kappa shape index (κ1) is 9.33. The van der Waals surface area contributed by atoms with Gasteiger partial charge in [0.15, 0.2) is 0 Å². The van der Waals surface area contributed by atoms with Crippen molar-refractivity contribution in [2.24, 2.45) is 0 Å². The zero-order valence-electron chi connectivity index (χ0n) is 8.01. The molecule has 1 aromatic carbocycles. The molecule has 0 atom stereocenters. The van der Waals surface area contributed by atoms with Crippen molar-refractivity contribution in [3.63, 3.8) is 0 Å². The van der Waals surface area contributed by atoms with E-state index in [2.05, 4.69) is 10.3 Å². The van der Waals surface area contributed by atoms with Crippen molar-refractivity contribution in [2.45, 2.75) is 0 Å². The second-order valence-corrected chi connectivity index (χ2v) is 3.15. The molecule has 0 saturated carbocycles. The van der Waals surface area contributed by atoms with Gasteiger partial charge in [-0.3, -0.25) is 0 Å². The highest BCUT2D eigenvalue weighted by Crippen LogP contribution is 2.19. The monoisotopic (exact) mass is 201 g/mol. The van der Waals surface area contributed by atoms with Gasteiger partial charge in [-0.05, 0) is 24.3 Å². The third-order valence-electron chi connectivity index (χ3n) is 1.90. The molecule has 2 aromatic rings. The predicted octanol–water partition coefficient (Wildman–Crippen LogP) is 2.11. The average molecular weight is 201 g/mol. The van der Waals surface area contributed by atoms with Crippen LogP contribution in [-0.2, 0) is 0 Å². The van der Waals surface area contributed by atoms with Crippen LogP contribution in [0.3, 0.4) is 0 Å². The summed E-state index contributed by atoms with van der Waals surface area (Å²) in [5.41, 5.74) is 6.92. The lowest BCUT2D eigenvalue weighted by Crippen LogP contribution is -1.94. The Morgan fingerprint density at radius 3 is 2.73 bits per heavy atom. The lowest BCUT2D eigenvalue weighted by atomic mass is 10.3. The van der Waals surface area contributed by atoms with E-state index in [1.54, 1.807) is 36.5 Å².